The highest BCUT2D eigenvalue weighted by molar-refractivity contribution is 5.25. The van der Waals surface area contributed by atoms with Gasteiger partial charge in [0.1, 0.15) is 5.82 Å². The molecule has 0 bridgehead atoms. The van der Waals surface area contributed by atoms with Gasteiger partial charge in [0.25, 0.3) is 0 Å². The van der Waals surface area contributed by atoms with Crippen molar-refractivity contribution in [2.45, 2.75) is 33.2 Å². The van der Waals surface area contributed by atoms with Gasteiger partial charge in [0.15, 0.2) is 0 Å². The summed E-state index contributed by atoms with van der Waals surface area (Å²) in [5.41, 5.74) is 3.49. The number of methoxy groups -OCH3 is 1. The van der Waals surface area contributed by atoms with Crippen LogP contribution in [-0.2, 0) is 24.1 Å². The largest absolute Gasteiger partial charge is 0.384 e. The van der Waals surface area contributed by atoms with Crippen LogP contribution in [-0.4, -0.2) is 42.7 Å². The van der Waals surface area contributed by atoms with Crippen LogP contribution in [0.25, 0.3) is 0 Å². The molecule has 0 aliphatic rings. The number of nitrogens with zero attached hydrogens (tertiary/aromatic N) is 3. The second-order valence-electron chi connectivity index (χ2n) is 4.48. The molecule has 17 heavy (non-hydrogen) atoms. The fourth-order valence-electron chi connectivity index (χ4n) is 1.89. The first kappa shape index (κ1) is 14.1. The van der Waals surface area contributed by atoms with Crippen LogP contribution >= 0.6 is 0 Å². The van der Waals surface area contributed by atoms with E-state index in [4.69, 9.17) is 4.74 Å². The van der Waals surface area contributed by atoms with E-state index in [1.807, 2.05) is 14.1 Å². The summed E-state index contributed by atoms with van der Waals surface area (Å²) in [7, 11) is 5.79. The van der Waals surface area contributed by atoms with Crippen LogP contribution in [0.1, 0.15) is 29.7 Å². The Bertz CT molecular complexity index is 364. The van der Waals surface area contributed by atoms with Crippen molar-refractivity contribution in [2.24, 2.45) is 0 Å². The lowest BCUT2D eigenvalue weighted by atomic mass is 10.1. The summed E-state index contributed by atoms with van der Waals surface area (Å²) in [6, 6.07) is 0. The lowest BCUT2D eigenvalue weighted by Gasteiger charge is -2.14. The predicted octanol–water partition coefficient (Wildman–Crippen LogP) is 1.60. The minimum atomic E-state index is 0.726. The van der Waals surface area contributed by atoms with Gasteiger partial charge in [-0.3, -0.25) is 0 Å². The zero-order chi connectivity index (χ0) is 12.8. The maximum atomic E-state index is 5.13. The molecule has 1 aromatic heterocycles. The minimum Gasteiger partial charge on any atom is -0.384 e. The Morgan fingerprint density at radius 2 is 1.94 bits per heavy atom. The monoisotopic (exact) mass is 237 g/mol. The van der Waals surface area contributed by atoms with E-state index in [0.29, 0.717) is 0 Å². The second kappa shape index (κ2) is 6.67. The van der Waals surface area contributed by atoms with Crippen LogP contribution < -0.4 is 0 Å². The van der Waals surface area contributed by atoms with Crippen molar-refractivity contribution in [3.05, 3.63) is 22.8 Å². The van der Waals surface area contributed by atoms with Gasteiger partial charge in [-0.15, -0.1) is 0 Å². The molecule has 4 heteroatoms. The third-order valence-electron chi connectivity index (χ3n) is 2.69. The Balaban J connectivity index is 2.98. The van der Waals surface area contributed by atoms with E-state index in [9.17, 15) is 0 Å². The summed E-state index contributed by atoms with van der Waals surface area (Å²) in [5.74, 6) is 0.908. The van der Waals surface area contributed by atoms with Crippen molar-refractivity contribution < 1.29 is 4.74 Å². The molecule has 0 atom stereocenters. The SMILES string of the molecule is CCc1nc(CN(C)C)nc(C)c1CCOC. The molecule has 0 saturated heterocycles. The highest BCUT2D eigenvalue weighted by Crippen LogP contribution is 2.13. The normalized spacial score (nSPS) is 11.2. The molecule has 0 radical (unpaired) electrons. The van der Waals surface area contributed by atoms with Gasteiger partial charge in [0, 0.05) is 18.5 Å². The van der Waals surface area contributed by atoms with E-state index in [-0.39, 0.29) is 0 Å². The molecule has 0 amide bonds. The van der Waals surface area contributed by atoms with E-state index >= 15 is 0 Å². The van der Waals surface area contributed by atoms with Crippen molar-refractivity contribution in [1.82, 2.24) is 14.9 Å². The van der Waals surface area contributed by atoms with Gasteiger partial charge in [-0.1, -0.05) is 6.92 Å². The number of aromatic nitrogens is 2. The van der Waals surface area contributed by atoms with E-state index in [2.05, 4.69) is 28.7 Å². The first-order valence-electron chi connectivity index (χ1n) is 6.07. The third kappa shape index (κ3) is 4.06. The number of ether oxygens (including phenoxy) is 1. The summed E-state index contributed by atoms with van der Waals surface area (Å²) in [4.78, 5) is 11.3. The molecule has 0 aromatic carbocycles. The Kier molecular flexibility index (Phi) is 5.51. The zero-order valence-corrected chi connectivity index (χ0v) is 11.6. The molecule has 0 aliphatic carbocycles. The standard InChI is InChI=1S/C13H23N3O/c1-6-12-11(7-8-17-5)10(2)14-13(15-12)9-16(3)4/h6-9H2,1-5H3. The maximum absolute atomic E-state index is 5.13. The average molecular weight is 237 g/mol. The molecule has 0 saturated carbocycles. The van der Waals surface area contributed by atoms with Gasteiger partial charge in [-0.25, -0.2) is 9.97 Å². The minimum absolute atomic E-state index is 0.726. The first-order valence-corrected chi connectivity index (χ1v) is 6.07. The number of aryl methyl sites for hydroxylation is 2. The van der Waals surface area contributed by atoms with E-state index in [0.717, 1.165) is 43.2 Å². The molecule has 0 N–H and O–H groups in total. The highest BCUT2D eigenvalue weighted by Gasteiger charge is 2.10. The molecule has 0 unspecified atom stereocenters. The third-order valence-corrected chi connectivity index (χ3v) is 2.69. The van der Waals surface area contributed by atoms with E-state index < -0.39 is 0 Å². The lowest BCUT2D eigenvalue weighted by Crippen LogP contribution is -2.16. The summed E-state index contributed by atoms with van der Waals surface area (Å²) < 4.78 is 5.13. The van der Waals surface area contributed by atoms with Crippen LogP contribution in [0.4, 0.5) is 0 Å². The predicted molar refractivity (Wildman–Crippen MR) is 69.1 cm³/mol. The van der Waals surface area contributed by atoms with Gasteiger partial charge in [-0.2, -0.15) is 0 Å². The average Bonchev–Trinajstić information content (AvgIpc) is 2.26. The molecule has 96 valence electrons. The fraction of sp³-hybridized carbons (Fsp3) is 0.692. The molecule has 1 aromatic rings. The van der Waals surface area contributed by atoms with Crippen LogP contribution in [0.3, 0.4) is 0 Å². The Morgan fingerprint density at radius 3 is 2.47 bits per heavy atom. The van der Waals surface area contributed by atoms with Gasteiger partial charge in [-0.05, 0) is 39.4 Å². The van der Waals surface area contributed by atoms with Crippen LogP contribution in [0.15, 0.2) is 0 Å². The molecular weight excluding hydrogens is 214 g/mol. The summed E-state index contributed by atoms with van der Waals surface area (Å²) in [5, 5.41) is 0. The van der Waals surface area contributed by atoms with Gasteiger partial charge >= 0.3 is 0 Å². The summed E-state index contributed by atoms with van der Waals surface area (Å²) in [6.45, 7) is 5.71. The Hall–Kier alpha value is -1.00. The van der Waals surface area contributed by atoms with E-state index in [1.54, 1.807) is 7.11 Å². The van der Waals surface area contributed by atoms with Gasteiger partial charge < -0.3 is 9.64 Å². The molecule has 0 spiro atoms. The Morgan fingerprint density at radius 1 is 1.24 bits per heavy atom. The van der Waals surface area contributed by atoms with E-state index in [1.165, 1.54) is 5.56 Å². The fourth-order valence-corrected chi connectivity index (χ4v) is 1.89. The van der Waals surface area contributed by atoms with Crippen molar-refractivity contribution in [2.75, 3.05) is 27.8 Å². The Labute approximate surface area is 104 Å². The smallest absolute Gasteiger partial charge is 0.142 e. The number of hydrogen-bond donors (Lipinski definition) is 0. The molecule has 1 heterocycles. The highest BCUT2D eigenvalue weighted by atomic mass is 16.5. The summed E-state index contributed by atoms with van der Waals surface area (Å²) in [6.07, 6.45) is 1.84. The van der Waals surface area contributed by atoms with Gasteiger partial charge in [0.05, 0.1) is 13.2 Å². The van der Waals surface area contributed by atoms with Gasteiger partial charge in [0.2, 0.25) is 0 Å². The van der Waals surface area contributed by atoms with Crippen LogP contribution in [0.2, 0.25) is 0 Å². The van der Waals surface area contributed by atoms with Crippen LogP contribution in [0, 0.1) is 6.92 Å². The molecule has 1 rings (SSSR count). The van der Waals surface area contributed by atoms with Crippen molar-refractivity contribution in [1.29, 1.82) is 0 Å². The number of hydrogen-bond acceptors (Lipinski definition) is 4. The topological polar surface area (TPSA) is 38.2 Å². The molecule has 0 aliphatic heterocycles. The first-order chi connectivity index (χ1) is 8.08. The molecule has 0 fully saturated rings. The van der Waals surface area contributed by atoms with Crippen LogP contribution in [0.5, 0.6) is 0 Å². The number of rotatable bonds is 6. The lowest BCUT2D eigenvalue weighted by molar-refractivity contribution is 0.201. The zero-order valence-electron chi connectivity index (χ0n) is 11.6. The maximum Gasteiger partial charge on any atom is 0.142 e. The molecule has 4 nitrogen and oxygen atoms in total. The quantitative estimate of drug-likeness (QED) is 0.753. The second-order valence-corrected chi connectivity index (χ2v) is 4.48. The van der Waals surface area contributed by atoms with Crippen molar-refractivity contribution in [3.63, 3.8) is 0 Å². The van der Waals surface area contributed by atoms with Crippen molar-refractivity contribution >= 4 is 0 Å². The summed E-state index contributed by atoms with van der Waals surface area (Å²) >= 11 is 0. The molecular formula is C13H23N3O. The van der Waals surface area contributed by atoms with Crippen molar-refractivity contribution in [3.8, 4) is 0 Å².